The van der Waals surface area contributed by atoms with Crippen LogP contribution in [0.2, 0.25) is 0 Å². The molecular formula is C18H25NO6S. The number of ether oxygens (including phenoxy) is 1. The summed E-state index contributed by atoms with van der Waals surface area (Å²) < 4.78 is 28.5. The van der Waals surface area contributed by atoms with Crippen molar-refractivity contribution in [2.24, 2.45) is 0 Å². The van der Waals surface area contributed by atoms with Crippen LogP contribution in [0.4, 0.5) is 0 Å². The van der Waals surface area contributed by atoms with Crippen LogP contribution in [0.5, 0.6) is 0 Å². The predicted octanol–water partition coefficient (Wildman–Crippen LogP) is 1.15. The maximum Gasteiger partial charge on any atom is 0.338 e. The summed E-state index contributed by atoms with van der Waals surface area (Å²) >= 11 is 0. The van der Waals surface area contributed by atoms with Gasteiger partial charge >= 0.3 is 5.97 Å². The molecule has 0 saturated carbocycles. The average Bonchev–Trinajstić information content (AvgIpc) is 2.99. The van der Waals surface area contributed by atoms with E-state index in [4.69, 9.17) is 9.84 Å². The first-order chi connectivity index (χ1) is 12.4. The molecule has 0 aliphatic carbocycles. The molecule has 1 aliphatic heterocycles. The maximum atomic E-state index is 12.5. The summed E-state index contributed by atoms with van der Waals surface area (Å²) in [5.41, 5.74) is 0.962. The number of hydrogen-bond donors (Lipinski definition) is 1. The minimum Gasteiger partial charge on any atom is -0.452 e. The zero-order chi connectivity index (χ0) is 19.2. The van der Waals surface area contributed by atoms with Crippen molar-refractivity contribution in [2.45, 2.75) is 38.8 Å². The second kappa shape index (κ2) is 9.14. The molecule has 144 valence electrons. The Kier molecular flexibility index (Phi) is 7.16. The van der Waals surface area contributed by atoms with Gasteiger partial charge in [-0.3, -0.25) is 4.79 Å². The van der Waals surface area contributed by atoms with Crippen LogP contribution >= 0.6 is 0 Å². The fourth-order valence-corrected chi connectivity index (χ4v) is 4.63. The molecule has 1 unspecified atom stereocenters. The van der Waals surface area contributed by atoms with Gasteiger partial charge in [-0.25, -0.2) is 13.2 Å². The number of rotatable bonds is 8. The van der Waals surface area contributed by atoms with Gasteiger partial charge in [-0.15, -0.1) is 0 Å². The van der Waals surface area contributed by atoms with Crippen molar-refractivity contribution in [2.75, 3.05) is 24.7 Å². The van der Waals surface area contributed by atoms with Gasteiger partial charge in [0.1, 0.15) is 0 Å². The van der Waals surface area contributed by atoms with E-state index >= 15 is 0 Å². The number of nitrogens with zero attached hydrogens (tertiary/aromatic N) is 1. The lowest BCUT2D eigenvalue weighted by atomic mass is 10.1. The average molecular weight is 383 g/mol. The zero-order valence-corrected chi connectivity index (χ0v) is 15.7. The molecule has 0 spiro atoms. The first-order valence-corrected chi connectivity index (χ1v) is 10.5. The van der Waals surface area contributed by atoms with Crippen molar-refractivity contribution >= 4 is 21.7 Å². The first-order valence-electron chi connectivity index (χ1n) is 8.73. The molecule has 1 atom stereocenters. The Morgan fingerprint density at radius 3 is 2.50 bits per heavy atom. The minimum atomic E-state index is -3.10. The van der Waals surface area contributed by atoms with Crippen LogP contribution in [-0.2, 0) is 26.0 Å². The summed E-state index contributed by atoms with van der Waals surface area (Å²) in [6.45, 7) is 1.91. The van der Waals surface area contributed by atoms with Crippen molar-refractivity contribution in [3.63, 3.8) is 0 Å². The highest BCUT2D eigenvalue weighted by Gasteiger charge is 2.34. The standard InChI is InChI=1S/C18H25NO6S/c1-2-3-9-19(16-8-10-26(23,24)13-16)17(21)12-25-18(22)15-6-4-14(11-20)5-7-15/h4-7,16,20H,2-3,8-13H2,1H3. The van der Waals surface area contributed by atoms with Crippen LogP contribution in [0.1, 0.15) is 42.1 Å². The number of sulfone groups is 1. The van der Waals surface area contributed by atoms with Crippen LogP contribution in [-0.4, -0.2) is 61.0 Å². The van der Waals surface area contributed by atoms with Gasteiger partial charge in [0.15, 0.2) is 16.4 Å². The van der Waals surface area contributed by atoms with Gasteiger partial charge in [-0.2, -0.15) is 0 Å². The number of carbonyl (C=O) groups is 2. The predicted molar refractivity (Wildman–Crippen MR) is 96.3 cm³/mol. The zero-order valence-electron chi connectivity index (χ0n) is 14.9. The number of amides is 1. The van der Waals surface area contributed by atoms with Crippen LogP contribution in [0.25, 0.3) is 0 Å². The van der Waals surface area contributed by atoms with Crippen molar-refractivity contribution in [3.05, 3.63) is 35.4 Å². The third-order valence-corrected chi connectivity index (χ3v) is 6.17. The smallest absolute Gasteiger partial charge is 0.338 e. The monoisotopic (exact) mass is 383 g/mol. The van der Waals surface area contributed by atoms with E-state index in [2.05, 4.69) is 0 Å². The highest BCUT2D eigenvalue weighted by Crippen LogP contribution is 2.19. The quantitative estimate of drug-likeness (QED) is 0.676. The molecule has 0 aromatic heterocycles. The van der Waals surface area contributed by atoms with E-state index in [9.17, 15) is 18.0 Å². The SMILES string of the molecule is CCCCN(C(=O)COC(=O)c1ccc(CO)cc1)C1CCS(=O)(=O)C1. The molecule has 1 heterocycles. The molecule has 1 N–H and O–H groups in total. The van der Waals surface area contributed by atoms with Gasteiger partial charge in [-0.1, -0.05) is 25.5 Å². The molecule has 8 heteroatoms. The van der Waals surface area contributed by atoms with Crippen LogP contribution in [0.15, 0.2) is 24.3 Å². The summed E-state index contributed by atoms with van der Waals surface area (Å²) in [6.07, 6.45) is 2.06. The summed E-state index contributed by atoms with van der Waals surface area (Å²) in [4.78, 5) is 26.1. The van der Waals surface area contributed by atoms with E-state index in [1.807, 2.05) is 6.92 Å². The van der Waals surface area contributed by atoms with Gasteiger partial charge in [0, 0.05) is 12.6 Å². The van der Waals surface area contributed by atoms with Crippen molar-refractivity contribution in [1.29, 1.82) is 0 Å². The second-order valence-corrected chi connectivity index (χ2v) is 8.66. The Labute approximate surface area is 153 Å². The van der Waals surface area contributed by atoms with Crippen LogP contribution in [0, 0.1) is 0 Å². The van der Waals surface area contributed by atoms with Crippen molar-refractivity contribution in [1.82, 2.24) is 4.90 Å². The molecule has 2 rings (SSSR count). The molecule has 1 aliphatic rings. The van der Waals surface area contributed by atoms with E-state index < -0.39 is 22.4 Å². The Bertz CT molecular complexity index is 729. The van der Waals surface area contributed by atoms with Gasteiger partial charge in [0.2, 0.25) is 0 Å². The van der Waals surface area contributed by atoms with E-state index in [0.717, 1.165) is 12.8 Å². The van der Waals surface area contributed by atoms with Gasteiger partial charge < -0.3 is 14.7 Å². The normalized spacial score (nSPS) is 18.5. The topological polar surface area (TPSA) is 101 Å². The lowest BCUT2D eigenvalue weighted by Crippen LogP contribution is -2.43. The first kappa shape index (κ1) is 20.4. The van der Waals surface area contributed by atoms with E-state index in [0.29, 0.717) is 24.1 Å². The van der Waals surface area contributed by atoms with Crippen LogP contribution < -0.4 is 0 Å². The molecule has 1 aromatic rings. The van der Waals surface area contributed by atoms with Crippen molar-refractivity contribution in [3.8, 4) is 0 Å². The van der Waals surface area contributed by atoms with Gasteiger partial charge in [0.25, 0.3) is 5.91 Å². The maximum absolute atomic E-state index is 12.5. The van der Waals surface area contributed by atoms with Crippen LogP contribution in [0.3, 0.4) is 0 Å². The fraction of sp³-hybridized carbons (Fsp3) is 0.556. The molecule has 1 aromatic carbocycles. The Balaban J connectivity index is 1.96. The highest BCUT2D eigenvalue weighted by molar-refractivity contribution is 7.91. The summed E-state index contributed by atoms with van der Waals surface area (Å²) in [6, 6.07) is 5.92. The molecular weight excluding hydrogens is 358 g/mol. The molecule has 1 fully saturated rings. The molecule has 1 saturated heterocycles. The molecule has 0 bridgehead atoms. The van der Waals surface area contributed by atoms with E-state index in [-0.39, 0.29) is 30.1 Å². The largest absolute Gasteiger partial charge is 0.452 e. The number of hydrogen-bond acceptors (Lipinski definition) is 6. The number of benzene rings is 1. The molecule has 7 nitrogen and oxygen atoms in total. The van der Waals surface area contributed by atoms with Crippen molar-refractivity contribution < 1.29 is 27.9 Å². The third kappa shape index (κ3) is 5.54. The third-order valence-electron chi connectivity index (χ3n) is 4.42. The number of esters is 1. The Hall–Kier alpha value is -1.93. The highest BCUT2D eigenvalue weighted by atomic mass is 32.2. The Morgan fingerprint density at radius 1 is 1.27 bits per heavy atom. The number of aliphatic hydroxyl groups excluding tert-OH is 1. The summed E-state index contributed by atoms with van der Waals surface area (Å²) in [5, 5.41) is 9.01. The number of unbranched alkanes of at least 4 members (excludes halogenated alkanes) is 1. The Morgan fingerprint density at radius 2 is 1.96 bits per heavy atom. The van der Waals surface area contributed by atoms with E-state index in [1.165, 1.54) is 17.0 Å². The number of carbonyl (C=O) groups excluding carboxylic acids is 2. The van der Waals surface area contributed by atoms with Gasteiger partial charge in [-0.05, 0) is 30.5 Å². The molecule has 0 radical (unpaired) electrons. The van der Waals surface area contributed by atoms with Gasteiger partial charge in [0.05, 0.1) is 23.7 Å². The van der Waals surface area contributed by atoms with E-state index in [1.54, 1.807) is 12.1 Å². The lowest BCUT2D eigenvalue weighted by molar-refractivity contribution is -0.136. The minimum absolute atomic E-state index is 0.0287. The number of aliphatic hydroxyl groups is 1. The summed E-state index contributed by atoms with van der Waals surface area (Å²) in [5.74, 6) is -0.943. The molecule has 26 heavy (non-hydrogen) atoms. The second-order valence-electron chi connectivity index (χ2n) is 6.43. The molecule has 1 amide bonds. The summed E-state index contributed by atoms with van der Waals surface area (Å²) in [7, 11) is -3.10. The fourth-order valence-electron chi connectivity index (χ4n) is 2.90. The lowest BCUT2D eigenvalue weighted by Gasteiger charge is -2.28.